The summed E-state index contributed by atoms with van der Waals surface area (Å²) < 4.78 is 0. The van der Waals surface area contributed by atoms with E-state index in [-0.39, 0.29) is 0 Å². The molecule has 654 valence electrons. The molecule has 0 saturated carbocycles. The molecule has 27 heteroatoms. The minimum atomic E-state index is 0.513. The van der Waals surface area contributed by atoms with E-state index in [0.29, 0.717) is 17.8 Å². The lowest BCUT2D eigenvalue weighted by Gasteiger charge is -2.39. The van der Waals surface area contributed by atoms with Crippen LogP contribution in [0.5, 0.6) is 0 Å². The summed E-state index contributed by atoms with van der Waals surface area (Å²) in [5.74, 6) is 9.70. The number of piperazine rings is 6. The Morgan fingerprint density at radius 2 is 0.333 bits per heavy atom. The molecular formula is C90H159N27. The van der Waals surface area contributed by atoms with E-state index >= 15 is 0 Å². The highest BCUT2D eigenvalue weighted by atomic mass is 15.5. The van der Waals surface area contributed by atoms with Crippen LogP contribution in [0.4, 0.5) is 34.9 Å². The number of hydrogen-bond donors (Lipinski definition) is 0. The summed E-state index contributed by atoms with van der Waals surface area (Å²) in [6.45, 7) is 43.6. The number of hydrogen-bond acceptors (Lipinski definition) is 27. The van der Waals surface area contributed by atoms with Crippen LogP contribution in [0.3, 0.4) is 0 Å². The number of piperidine rings is 6. The van der Waals surface area contributed by atoms with Gasteiger partial charge in [-0.25, -0.2) is 15.0 Å². The summed E-state index contributed by atoms with van der Waals surface area (Å²) in [6.07, 6.45) is 15.1. The van der Waals surface area contributed by atoms with Crippen molar-refractivity contribution in [3.8, 4) is 0 Å². The predicted octanol–water partition coefficient (Wildman–Crippen LogP) is 6.15. The van der Waals surface area contributed by atoms with Gasteiger partial charge in [-0.15, -0.1) is 0 Å². The fourth-order valence-electron chi connectivity index (χ4n) is 19.7. The van der Waals surface area contributed by atoms with E-state index in [1.807, 2.05) is 0 Å². The lowest BCUT2D eigenvalue weighted by Crippen LogP contribution is -2.50. The topological polar surface area (TPSA) is 145 Å². The van der Waals surface area contributed by atoms with E-state index in [2.05, 4.69) is 245 Å². The molecule has 2 aromatic carbocycles. The Balaban J connectivity index is 0.000000131. The molecule has 17 rings (SSSR count). The van der Waals surface area contributed by atoms with Crippen molar-refractivity contribution >= 4 is 34.9 Å². The van der Waals surface area contributed by atoms with E-state index in [0.717, 1.165) is 269 Å². The first-order valence-corrected chi connectivity index (χ1v) is 46.1. The number of anilines is 6. The Labute approximate surface area is 708 Å². The summed E-state index contributed by atoms with van der Waals surface area (Å²) in [4.78, 5) is 80.6. The zero-order valence-corrected chi connectivity index (χ0v) is 76.1. The van der Waals surface area contributed by atoms with Gasteiger partial charge in [-0.1, -0.05) is 18.2 Å². The Morgan fingerprint density at radius 3 is 0.521 bits per heavy atom. The molecule has 0 spiro atoms. The zero-order valence-electron chi connectivity index (χ0n) is 76.1. The molecular weight excluding hydrogens is 1460 g/mol. The van der Waals surface area contributed by atoms with Crippen molar-refractivity contribution in [1.29, 1.82) is 0 Å². The van der Waals surface area contributed by atoms with Gasteiger partial charge in [-0.05, 0) is 314 Å². The van der Waals surface area contributed by atoms with Crippen molar-refractivity contribution in [2.24, 2.45) is 0 Å². The highest BCUT2D eigenvalue weighted by Crippen LogP contribution is 2.40. The third kappa shape index (κ3) is 26.4. The minimum Gasteiger partial charge on any atom is -0.369 e. The first kappa shape index (κ1) is 89.4. The molecule has 13 saturated heterocycles. The van der Waals surface area contributed by atoms with Gasteiger partial charge in [0, 0.05) is 192 Å². The van der Waals surface area contributed by atoms with Crippen LogP contribution in [0.25, 0.3) is 0 Å². The molecule has 0 unspecified atom stereocenters. The highest BCUT2D eigenvalue weighted by Gasteiger charge is 2.33. The second-order valence-electron chi connectivity index (χ2n) is 38.5. The van der Waals surface area contributed by atoms with Crippen LogP contribution in [0, 0.1) is 0 Å². The van der Waals surface area contributed by atoms with Crippen molar-refractivity contribution in [3.63, 3.8) is 0 Å². The van der Waals surface area contributed by atoms with Crippen LogP contribution in [0.15, 0.2) is 36.4 Å². The van der Waals surface area contributed by atoms with Crippen LogP contribution >= 0.6 is 0 Å². The number of nitrogens with zero attached hydrogens (tertiary/aromatic N) is 27. The van der Waals surface area contributed by atoms with Gasteiger partial charge in [0.2, 0.25) is 17.8 Å². The molecule has 4 aromatic rings. The van der Waals surface area contributed by atoms with E-state index in [9.17, 15) is 0 Å². The van der Waals surface area contributed by atoms with Gasteiger partial charge in [0.25, 0.3) is 0 Å². The summed E-state index contributed by atoms with van der Waals surface area (Å²) in [5, 5.41) is 0. The van der Waals surface area contributed by atoms with Crippen LogP contribution < -0.4 is 29.4 Å². The van der Waals surface area contributed by atoms with Crippen molar-refractivity contribution < 1.29 is 0 Å². The van der Waals surface area contributed by atoms with Crippen molar-refractivity contribution in [1.82, 2.24) is 103 Å². The Morgan fingerprint density at radius 1 is 0.171 bits per heavy atom. The number of benzene rings is 2. The van der Waals surface area contributed by atoms with Crippen molar-refractivity contribution in [2.75, 3.05) is 391 Å². The lowest BCUT2D eigenvalue weighted by atomic mass is 9.80. The molecule has 117 heavy (non-hydrogen) atoms. The standard InChI is InChI=1S/C24H39N3.2C21H36N6.C18H33N9.C6H15N3/c1-25-10-4-19(5-11-25)22-16-23(20-6-12-26(2)13-7-20)18-24(17-22)21-8-14-27(3)15-9-21;1-22-4-10-25(11-5-22)19-16-20(26-12-6-23(2)7-13-26)18-21(17-19)27-14-8-24(3)9-15-27;1-25-10-4-16(5-11-25)19-22-20(17-6-12-26(2)13-7-17)24-21(23-19)18-8-14-27(3)15-9-18;1-22-4-10-25(11-5-22)16-19-17(26-12-6-23(2)7-13-26)21-18(20-16)27-14-8-24(3)9-15-27;1-7-4-8(2)6-9(3)5-7/h16-21H,4-15H2,1-3H3;2*16-18H,4-15H2,1-3H3;4-15H2,1-3H3;4-6H2,1-3H3. The maximum absolute atomic E-state index is 5.07. The molecule has 13 aliphatic rings. The molecule has 0 atom stereocenters. The summed E-state index contributed by atoms with van der Waals surface area (Å²) in [5.41, 5.74) is 9.21. The van der Waals surface area contributed by atoms with E-state index < -0.39 is 0 Å². The van der Waals surface area contributed by atoms with Gasteiger partial charge < -0.3 is 88.2 Å². The van der Waals surface area contributed by atoms with Gasteiger partial charge in [-0.3, -0.25) is 14.7 Å². The highest BCUT2D eigenvalue weighted by molar-refractivity contribution is 5.70. The second kappa shape index (κ2) is 43.6. The van der Waals surface area contributed by atoms with Crippen LogP contribution in [0.2, 0.25) is 0 Å². The number of aromatic nitrogens is 6. The monoisotopic (exact) mass is 1620 g/mol. The minimum absolute atomic E-state index is 0.513. The molecule has 15 heterocycles. The van der Waals surface area contributed by atoms with E-state index in [4.69, 9.17) is 29.9 Å². The molecule has 13 fully saturated rings. The fraction of sp³-hybridized carbons (Fsp3) is 0.800. The lowest BCUT2D eigenvalue weighted by molar-refractivity contribution is 0.0149. The Bertz CT molecular complexity index is 2700. The summed E-state index contributed by atoms with van der Waals surface area (Å²) in [7, 11) is 33.1. The molecule has 0 radical (unpaired) electrons. The van der Waals surface area contributed by atoms with Crippen LogP contribution in [-0.4, -0.2) is 465 Å². The van der Waals surface area contributed by atoms with Gasteiger partial charge in [0.15, 0.2) is 0 Å². The average molecular weight is 1620 g/mol. The number of likely N-dealkylation sites (tertiary alicyclic amines) is 6. The van der Waals surface area contributed by atoms with Gasteiger partial charge in [0.05, 0.1) is 20.0 Å². The van der Waals surface area contributed by atoms with Gasteiger partial charge in [-0.2, -0.15) is 15.0 Å². The van der Waals surface area contributed by atoms with E-state index in [1.165, 1.54) is 133 Å². The maximum Gasteiger partial charge on any atom is 0.232 e. The SMILES string of the molecule is CN1CCC(c2cc(C3CCN(C)CC3)cc(C3CCN(C)CC3)c2)CC1.CN1CCC(c2nc(C3CCN(C)CC3)nc(C3CCN(C)CC3)n2)CC1.CN1CCN(c2cc(N3CCN(C)CC3)cc(N3CCN(C)CC3)c2)CC1.CN1CCN(c2nc(N3CCN(C)CC3)nc(N3CCN(C)CC3)n2)CC1.CN1CN(C)CN(C)C1. The quantitative estimate of drug-likeness (QED) is 0.160. The first-order chi connectivity index (χ1) is 56.5. The Kier molecular flexibility index (Phi) is 33.3. The van der Waals surface area contributed by atoms with E-state index in [1.54, 1.807) is 16.7 Å². The summed E-state index contributed by atoms with van der Waals surface area (Å²) in [6, 6.07) is 15.2. The second-order valence-corrected chi connectivity index (χ2v) is 38.5. The first-order valence-electron chi connectivity index (χ1n) is 46.1. The molecule has 0 amide bonds. The smallest absolute Gasteiger partial charge is 0.232 e. The van der Waals surface area contributed by atoms with Crippen molar-refractivity contribution in [3.05, 3.63) is 70.6 Å². The van der Waals surface area contributed by atoms with Gasteiger partial charge >= 0.3 is 0 Å². The molecule has 2 aromatic heterocycles. The summed E-state index contributed by atoms with van der Waals surface area (Å²) >= 11 is 0. The largest absolute Gasteiger partial charge is 0.369 e. The third-order valence-corrected chi connectivity index (χ3v) is 28.4. The molecule has 0 aliphatic carbocycles. The zero-order chi connectivity index (χ0) is 82.1. The number of likely N-dealkylation sites (N-methyl/N-ethyl adjacent to an activating group) is 6. The van der Waals surface area contributed by atoms with Crippen molar-refractivity contribution in [2.45, 2.75) is 113 Å². The van der Waals surface area contributed by atoms with Crippen LogP contribution in [0.1, 0.15) is 147 Å². The molecule has 0 N–H and O–H groups in total. The third-order valence-electron chi connectivity index (χ3n) is 28.4. The molecule has 13 aliphatic heterocycles. The maximum atomic E-state index is 5.07. The number of rotatable bonds is 12. The predicted molar refractivity (Wildman–Crippen MR) is 486 cm³/mol. The molecule has 0 bridgehead atoms. The van der Waals surface area contributed by atoms with Crippen LogP contribution in [-0.2, 0) is 0 Å². The average Bonchev–Trinajstić information content (AvgIpc) is 0.815. The Hall–Kier alpha value is -5.34. The fourth-order valence-corrected chi connectivity index (χ4v) is 19.7. The van der Waals surface area contributed by atoms with Gasteiger partial charge in [0.1, 0.15) is 17.5 Å². The normalized spacial score (nSPS) is 25.1. The molecule has 27 nitrogen and oxygen atoms in total.